The van der Waals surface area contributed by atoms with E-state index in [4.69, 9.17) is 37.9 Å². The fourth-order valence-electron chi connectivity index (χ4n) is 6.36. The van der Waals surface area contributed by atoms with Gasteiger partial charge >= 0.3 is 12.1 Å². The van der Waals surface area contributed by atoms with Gasteiger partial charge in [0.1, 0.15) is 26.9 Å². The zero-order valence-electron chi connectivity index (χ0n) is 30.1. The highest BCUT2D eigenvalue weighted by molar-refractivity contribution is 5.88. The van der Waals surface area contributed by atoms with Crippen molar-refractivity contribution in [1.82, 2.24) is 19.6 Å². The van der Waals surface area contributed by atoms with Crippen molar-refractivity contribution in [2.45, 2.75) is 116 Å². The third-order valence-corrected chi connectivity index (χ3v) is 9.21. The Labute approximate surface area is 276 Å². The van der Waals surface area contributed by atoms with E-state index >= 15 is 0 Å². The molecule has 4 amide bonds. The standard InChI is InChI=1S/C32H62N4O10/c1-11-16-32-31(6,33(21-43-25(12-2)17-39-7)29(37)35(32)23-45-27(14-4)19-41-9)34(22-44-26(13-3)18-40-8)30(38)36(32)24-46-28(15-5)20-42-10/h25-28H,11-24H2,1-10H3. The largest absolute Gasteiger partial charge is 0.382 e. The van der Waals surface area contributed by atoms with Crippen LogP contribution >= 0.6 is 0 Å². The Bertz CT molecular complexity index is 839. The van der Waals surface area contributed by atoms with Crippen molar-refractivity contribution in [1.29, 1.82) is 0 Å². The van der Waals surface area contributed by atoms with Crippen LogP contribution in [-0.4, -0.2) is 149 Å². The van der Waals surface area contributed by atoms with Crippen molar-refractivity contribution in [3.63, 3.8) is 0 Å². The molecule has 0 aliphatic carbocycles. The zero-order valence-corrected chi connectivity index (χ0v) is 30.1. The predicted molar refractivity (Wildman–Crippen MR) is 172 cm³/mol. The zero-order chi connectivity index (χ0) is 34.3. The number of nitrogens with zero attached hydrogens (tertiary/aromatic N) is 4. The fraction of sp³-hybridized carbons (Fsp3) is 0.938. The molecule has 2 aliphatic rings. The third-order valence-electron chi connectivity index (χ3n) is 9.21. The van der Waals surface area contributed by atoms with Crippen LogP contribution in [0.4, 0.5) is 9.59 Å². The van der Waals surface area contributed by atoms with Crippen LogP contribution in [0.1, 0.15) is 80.1 Å². The number of ether oxygens (including phenoxy) is 8. The molecule has 0 aromatic carbocycles. The van der Waals surface area contributed by atoms with Crippen LogP contribution in [0.15, 0.2) is 0 Å². The van der Waals surface area contributed by atoms with Crippen LogP contribution in [0.2, 0.25) is 0 Å². The molecular weight excluding hydrogens is 600 g/mol. The third kappa shape index (κ3) is 8.62. The molecule has 0 spiro atoms. The van der Waals surface area contributed by atoms with Gasteiger partial charge in [-0.2, -0.15) is 0 Å². The van der Waals surface area contributed by atoms with E-state index in [1.807, 2.05) is 41.5 Å². The summed E-state index contributed by atoms with van der Waals surface area (Å²) in [5, 5.41) is 0. The van der Waals surface area contributed by atoms with Gasteiger partial charge in [0.05, 0.1) is 50.8 Å². The van der Waals surface area contributed by atoms with Crippen molar-refractivity contribution in [2.24, 2.45) is 0 Å². The summed E-state index contributed by atoms with van der Waals surface area (Å²) in [4.78, 5) is 35.9. The molecule has 0 aromatic heterocycles. The lowest BCUT2D eigenvalue weighted by molar-refractivity contribution is -0.162. The number of hydrogen-bond acceptors (Lipinski definition) is 10. The number of carbonyl (C=O) groups excluding carboxylic acids is 2. The van der Waals surface area contributed by atoms with Gasteiger partial charge in [-0.3, -0.25) is 19.6 Å². The van der Waals surface area contributed by atoms with Crippen molar-refractivity contribution in [2.75, 3.05) is 81.8 Å². The number of methoxy groups -OCH3 is 4. The number of urea groups is 2. The van der Waals surface area contributed by atoms with Gasteiger partial charge in [-0.25, -0.2) is 9.59 Å². The predicted octanol–water partition coefficient (Wildman–Crippen LogP) is 4.27. The Hall–Kier alpha value is -1.78. The second kappa shape index (κ2) is 19.9. The van der Waals surface area contributed by atoms with Crippen LogP contribution < -0.4 is 0 Å². The molecule has 0 N–H and O–H groups in total. The summed E-state index contributed by atoms with van der Waals surface area (Å²) in [7, 11) is 6.48. The van der Waals surface area contributed by atoms with Crippen molar-refractivity contribution < 1.29 is 47.5 Å². The summed E-state index contributed by atoms with van der Waals surface area (Å²) in [6, 6.07) is -0.628. The van der Waals surface area contributed by atoms with E-state index in [9.17, 15) is 9.59 Å². The highest BCUT2D eigenvalue weighted by Gasteiger charge is 2.76. The first kappa shape index (κ1) is 40.4. The Balaban J connectivity index is 2.72. The van der Waals surface area contributed by atoms with E-state index < -0.39 is 11.3 Å². The van der Waals surface area contributed by atoms with Gasteiger partial charge in [0.15, 0.2) is 11.3 Å². The lowest BCUT2D eigenvalue weighted by Crippen LogP contribution is -2.67. The number of fused-ring (bicyclic) bond motifs is 1. The number of carbonyl (C=O) groups is 2. The van der Waals surface area contributed by atoms with Gasteiger partial charge in [-0.1, -0.05) is 41.0 Å². The van der Waals surface area contributed by atoms with E-state index in [2.05, 4.69) is 0 Å². The summed E-state index contributed by atoms with van der Waals surface area (Å²) in [6.07, 6.45) is 2.89. The molecule has 4 unspecified atom stereocenters. The van der Waals surface area contributed by atoms with Crippen LogP contribution in [-0.2, 0) is 37.9 Å². The second-order valence-electron chi connectivity index (χ2n) is 12.0. The molecule has 2 rings (SSSR count). The van der Waals surface area contributed by atoms with E-state index in [1.54, 1.807) is 48.0 Å². The minimum Gasteiger partial charge on any atom is -0.382 e. The number of hydrogen-bond donors (Lipinski definition) is 0. The average Bonchev–Trinajstić information content (AvgIpc) is 3.33. The Morgan fingerprint density at radius 2 is 0.804 bits per heavy atom. The van der Waals surface area contributed by atoms with Crippen LogP contribution in [0.5, 0.6) is 0 Å². The minimum atomic E-state index is -1.23. The highest BCUT2D eigenvalue weighted by Crippen LogP contribution is 2.53. The molecule has 2 heterocycles. The molecule has 14 nitrogen and oxygen atoms in total. The van der Waals surface area contributed by atoms with Gasteiger partial charge in [-0.15, -0.1) is 0 Å². The topological polar surface area (TPSA) is 121 Å². The quantitative estimate of drug-likeness (QED) is 0.133. The number of rotatable bonds is 26. The maximum absolute atomic E-state index is 14.7. The summed E-state index contributed by atoms with van der Waals surface area (Å²) in [6.45, 7) is 13.2. The SMILES string of the molecule is CCCC12N(COC(CC)COC)C(=O)N(COC(CC)COC)C1(C)N(COC(CC)COC)C(=O)N2COC(CC)COC. The molecule has 14 heteroatoms. The Morgan fingerprint density at radius 3 is 1.04 bits per heavy atom. The maximum atomic E-state index is 14.7. The first-order valence-corrected chi connectivity index (χ1v) is 16.8. The normalized spacial score (nSPS) is 24.2. The minimum absolute atomic E-state index is 0.0585. The lowest BCUT2D eigenvalue weighted by Gasteiger charge is -2.48. The van der Waals surface area contributed by atoms with Crippen LogP contribution in [0.3, 0.4) is 0 Å². The first-order chi connectivity index (χ1) is 22.1. The van der Waals surface area contributed by atoms with E-state index in [0.29, 0.717) is 65.0 Å². The molecule has 46 heavy (non-hydrogen) atoms. The highest BCUT2D eigenvalue weighted by atomic mass is 16.6. The summed E-state index contributed by atoms with van der Waals surface area (Å²) >= 11 is 0. The van der Waals surface area contributed by atoms with Crippen LogP contribution in [0, 0.1) is 0 Å². The Kier molecular flexibility index (Phi) is 17.5. The van der Waals surface area contributed by atoms with Crippen LogP contribution in [0.25, 0.3) is 0 Å². The molecule has 0 aromatic rings. The molecule has 2 aliphatic heterocycles. The first-order valence-electron chi connectivity index (χ1n) is 16.8. The molecular formula is C32H62N4O10. The molecule has 270 valence electrons. The van der Waals surface area contributed by atoms with Gasteiger partial charge in [0.2, 0.25) is 0 Å². The summed E-state index contributed by atoms with van der Waals surface area (Å²) < 4.78 is 46.7. The number of amides is 4. The van der Waals surface area contributed by atoms with Crippen molar-refractivity contribution in [3.05, 3.63) is 0 Å². The monoisotopic (exact) mass is 662 g/mol. The lowest BCUT2D eigenvalue weighted by atomic mass is 9.89. The molecule has 0 radical (unpaired) electrons. The maximum Gasteiger partial charge on any atom is 0.327 e. The molecule has 0 bridgehead atoms. The summed E-state index contributed by atoms with van der Waals surface area (Å²) in [5.41, 5.74) is -2.42. The smallest absolute Gasteiger partial charge is 0.327 e. The summed E-state index contributed by atoms with van der Waals surface area (Å²) in [5.74, 6) is 0. The van der Waals surface area contributed by atoms with Crippen molar-refractivity contribution in [3.8, 4) is 0 Å². The van der Waals surface area contributed by atoms with Crippen molar-refractivity contribution >= 4 is 12.1 Å². The fourth-order valence-corrected chi connectivity index (χ4v) is 6.36. The van der Waals surface area contributed by atoms with E-state index in [-0.39, 0.29) is 63.4 Å². The van der Waals surface area contributed by atoms with Gasteiger partial charge in [0.25, 0.3) is 0 Å². The molecule has 2 fully saturated rings. The van der Waals surface area contributed by atoms with E-state index in [1.165, 1.54) is 0 Å². The van der Waals surface area contributed by atoms with Gasteiger partial charge < -0.3 is 37.9 Å². The molecule has 0 saturated carbocycles. The van der Waals surface area contributed by atoms with Gasteiger partial charge in [0, 0.05) is 28.4 Å². The van der Waals surface area contributed by atoms with E-state index in [0.717, 1.165) is 0 Å². The molecule has 4 atom stereocenters. The molecule has 2 saturated heterocycles. The van der Waals surface area contributed by atoms with Gasteiger partial charge in [-0.05, 0) is 39.0 Å². The average molecular weight is 663 g/mol. The second-order valence-corrected chi connectivity index (χ2v) is 12.0. The Morgan fingerprint density at radius 1 is 0.522 bits per heavy atom.